The van der Waals surface area contributed by atoms with E-state index in [4.69, 9.17) is 5.73 Å². The summed E-state index contributed by atoms with van der Waals surface area (Å²) in [6.45, 7) is -2.93. The van der Waals surface area contributed by atoms with Crippen LogP contribution >= 0.6 is 0 Å². The van der Waals surface area contributed by atoms with Gasteiger partial charge in [0.1, 0.15) is 5.75 Å². The fourth-order valence-electron chi connectivity index (χ4n) is 4.32. The number of guanidine groups is 1. The highest BCUT2D eigenvalue weighted by Crippen LogP contribution is 2.40. The monoisotopic (exact) mass is 437 g/mol. The second kappa shape index (κ2) is 8.99. The van der Waals surface area contributed by atoms with E-state index in [1.54, 1.807) is 19.2 Å². The highest BCUT2D eigenvalue weighted by molar-refractivity contribution is 6.08. The van der Waals surface area contributed by atoms with E-state index in [2.05, 4.69) is 21.6 Å². The Morgan fingerprint density at radius 2 is 1.84 bits per heavy atom. The summed E-state index contributed by atoms with van der Waals surface area (Å²) in [5.74, 6) is 6.79. The number of ether oxygens (including phenoxy) is 1. The summed E-state index contributed by atoms with van der Waals surface area (Å²) >= 11 is 0. The van der Waals surface area contributed by atoms with Crippen LogP contribution in [0.5, 0.6) is 5.75 Å². The van der Waals surface area contributed by atoms with Crippen LogP contribution in [0.4, 0.5) is 8.78 Å². The van der Waals surface area contributed by atoms with Crippen molar-refractivity contribution in [2.75, 3.05) is 7.05 Å². The number of carbonyl (C=O) groups is 1. The minimum absolute atomic E-state index is 0.00162. The molecule has 4 rings (SSSR count). The number of nitrogens with zero attached hydrogens (tertiary/aromatic N) is 2. The van der Waals surface area contributed by atoms with Gasteiger partial charge in [-0.1, -0.05) is 55.4 Å². The summed E-state index contributed by atoms with van der Waals surface area (Å²) in [5.41, 5.74) is 6.52. The zero-order valence-electron chi connectivity index (χ0n) is 17.9. The van der Waals surface area contributed by atoms with Gasteiger partial charge >= 0.3 is 6.61 Å². The van der Waals surface area contributed by atoms with Crippen LogP contribution < -0.4 is 10.5 Å². The molecule has 7 heteroatoms. The van der Waals surface area contributed by atoms with E-state index in [0.717, 1.165) is 18.4 Å². The first-order chi connectivity index (χ1) is 15.4. The molecule has 1 heterocycles. The maximum Gasteiger partial charge on any atom is 0.387 e. The molecule has 0 spiro atoms. The van der Waals surface area contributed by atoms with Gasteiger partial charge in [-0.25, -0.2) is 4.99 Å². The summed E-state index contributed by atoms with van der Waals surface area (Å²) in [6.07, 6.45) is 5.93. The SMILES string of the molecule is CN1C(=O)[C@@](c2ccc(OC(F)F)cc2)(c2cccc(C#CC3CCCCC3)c2)N=C1N. The largest absolute Gasteiger partial charge is 0.435 e. The van der Waals surface area contributed by atoms with Crippen LogP contribution in [0.1, 0.15) is 48.8 Å². The van der Waals surface area contributed by atoms with Gasteiger partial charge in [0.25, 0.3) is 5.91 Å². The van der Waals surface area contributed by atoms with Crippen molar-refractivity contribution in [1.82, 2.24) is 4.90 Å². The van der Waals surface area contributed by atoms with Gasteiger partial charge in [0.15, 0.2) is 11.5 Å². The van der Waals surface area contributed by atoms with Gasteiger partial charge in [-0.2, -0.15) is 8.78 Å². The molecule has 2 aromatic rings. The summed E-state index contributed by atoms with van der Waals surface area (Å²) in [4.78, 5) is 19.2. The maximum absolute atomic E-state index is 13.4. The third kappa shape index (κ3) is 4.18. The molecule has 0 saturated heterocycles. The Bertz CT molecular complexity index is 1080. The Morgan fingerprint density at radius 3 is 2.47 bits per heavy atom. The topological polar surface area (TPSA) is 67.9 Å². The van der Waals surface area contributed by atoms with Crippen LogP contribution in [0.25, 0.3) is 0 Å². The number of nitrogens with two attached hydrogens (primary N) is 1. The lowest BCUT2D eigenvalue weighted by molar-refractivity contribution is -0.129. The first-order valence-electron chi connectivity index (χ1n) is 10.7. The molecule has 2 aromatic carbocycles. The molecular formula is C25H25F2N3O2. The third-order valence-corrected chi connectivity index (χ3v) is 6.04. The molecule has 2 N–H and O–H groups in total. The standard InChI is InChI=1S/C25H25F2N3O2/c1-30-22(31)25(29-24(30)28,19-12-14-21(15-13-19)32-23(26)27)20-9-5-8-18(16-20)11-10-17-6-3-2-4-7-17/h5,8-9,12-17,23H,2-4,6-7H2,1H3,(H2,28,29)/t25-/m1/s1. The molecule has 166 valence electrons. The Hall–Kier alpha value is -3.40. The maximum atomic E-state index is 13.4. The highest BCUT2D eigenvalue weighted by atomic mass is 19.3. The molecule has 1 amide bonds. The number of hydrogen-bond donors (Lipinski definition) is 1. The van der Waals surface area contributed by atoms with Crippen LogP contribution in [-0.4, -0.2) is 30.4 Å². The minimum Gasteiger partial charge on any atom is -0.435 e. The van der Waals surface area contributed by atoms with Crippen molar-refractivity contribution in [3.63, 3.8) is 0 Å². The zero-order valence-corrected chi connectivity index (χ0v) is 17.9. The fraction of sp³-hybridized carbons (Fsp3) is 0.360. The number of alkyl halides is 2. The average molecular weight is 437 g/mol. The van der Waals surface area contributed by atoms with E-state index in [9.17, 15) is 13.6 Å². The van der Waals surface area contributed by atoms with E-state index in [0.29, 0.717) is 17.0 Å². The molecule has 0 unspecified atom stereocenters. The normalized spacial score (nSPS) is 21.3. The van der Waals surface area contributed by atoms with E-state index in [-0.39, 0.29) is 17.6 Å². The molecule has 0 aromatic heterocycles. The van der Waals surface area contributed by atoms with Crippen LogP contribution in [0.15, 0.2) is 53.5 Å². The number of hydrogen-bond acceptors (Lipinski definition) is 4. The van der Waals surface area contributed by atoms with Crippen molar-refractivity contribution in [3.05, 3.63) is 65.2 Å². The zero-order chi connectivity index (χ0) is 22.7. The Kier molecular flexibility index (Phi) is 6.13. The minimum atomic E-state index is -2.93. The molecule has 32 heavy (non-hydrogen) atoms. The number of rotatable bonds is 4. The Balaban J connectivity index is 1.74. The average Bonchev–Trinajstić information content (AvgIpc) is 3.03. The van der Waals surface area contributed by atoms with Gasteiger partial charge in [-0.15, -0.1) is 0 Å². The van der Waals surface area contributed by atoms with Gasteiger partial charge in [0, 0.05) is 18.5 Å². The lowest BCUT2D eigenvalue weighted by Gasteiger charge is -2.26. The molecule has 0 bridgehead atoms. The predicted molar refractivity (Wildman–Crippen MR) is 118 cm³/mol. The number of likely N-dealkylation sites (N-methyl/N-ethyl adjacent to an activating group) is 1. The van der Waals surface area contributed by atoms with Crippen LogP contribution in [0.2, 0.25) is 0 Å². The van der Waals surface area contributed by atoms with Crippen LogP contribution in [0.3, 0.4) is 0 Å². The van der Waals surface area contributed by atoms with Gasteiger partial charge in [-0.05, 0) is 48.2 Å². The number of benzene rings is 2. The Labute approximate surface area is 186 Å². The number of aliphatic imine (C=N–C) groups is 1. The molecule has 2 aliphatic rings. The highest BCUT2D eigenvalue weighted by Gasteiger charge is 2.49. The van der Waals surface area contributed by atoms with Crippen LogP contribution in [-0.2, 0) is 10.3 Å². The molecule has 5 nitrogen and oxygen atoms in total. The fourth-order valence-corrected chi connectivity index (χ4v) is 4.32. The molecule has 1 aliphatic heterocycles. The van der Waals surface area contributed by atoms with E-state index in [1.807, 2.05) is 24.3 Å². The molecular weight excluding hydrogens is 412 g/mol. The number of halogens is 2. The van der Waals surface area contributed by atoms with Crippen molar-refractivity contribution in [1.29, 1.82) is 0 Å². The summed E-state index contributed by atoms with van der Waals surface area (Å²) in [6, 6.07) is 13.3. The third-order valence-electron chi connectivity index (χ3n) is 6.04. The van der Waals surface area contributed by atoms with Gasteiger partial charge < -0.3 is 10.5 Å². The molecule has 1 atom stereocenters. The van der Waals surface area contributed by atoms with Gasteiger partial charge in [0.05, 0.1) is 0 Å². The molecule has 1 fully saturated rings. The first kappa shape index (κ1) is 21.8. The second-order valence-electron chi connectivity index (χ2n) is 8.13. The lowest BCUT2D eigenvalue weighted by atomic mass is 9.82. The van der Waals surface area contributed by atoms with Crippen molar-refractivity contribution < 1.29 is 18.3 Å². The lowest BCUT2D eigenvalue weighted by Crippen LogP contribution is -2.41. The van der Waals surface area contributed by atoms with Crippen LogP contribution in [0, 0.1) is 17.8 Å². The van der Waals surface area contributed by atoms with Gasteiger partial charge in [-0.3, -0.25) is 9.69 Å². The molecule has 1 aliphatic carbocycles. The van der Waals surface area contributed by atoms with Crippen molar-refractivity contribution in [3.8, 4) is 17.6 Å². The van der Waals surface area contributed by atoms with E-state index < -0.39 is 12.2 Å². The molecule has 1 saturated carbocycles. The smallest absolute Gasteiger partial charge is 0.387 e. The van der Waals surface area contributed by atoms with Crippen molar-refractivity contribution >= 4 is 11.9 Å². The summed E-state index contributed by atoms with van der Waals surface area (Å²) in [5, 5.41) is 0. The van der Waals surface area contributed by atoms with Gasteiger partial charge in [0.2, 0.25) is 0 Å². The summed E-state index contributed by atoms with van der Waals surface area (Å²) < 4.78 is 29.5. The van der Waals surface area contributed by atoms with E-state index >= 15 is 0 Å². The summed E-state index contributed by atoms with van der Waals surface area (Å²) in [7, 11) is 1.56. The number of carbonyl (C=O) groups excluding carboxylic acids is 1. The Morgan fingerprint density at radius 1 is 1.12 bits per heavy atom. The number of amides is 1. The quantitative estimate of drug-likeness (QED) is 0.727. The molecule has 0 radical (unpaired) electrons. The van der Waals surface area contributed by atoms with Crippen molar-refractivity contribution in [2.45, 2.75) is 44.3 Å². The second-order valence-corrected chi connectivity index (χ2v) is 8.13. The van der Waals surface area contributed by atoms with Crippen molar-refractivity contribution in [2.24, 2.45) is 16.6 Å². The predicted octanol–water partition coefficient (Wildman–Crippen LogP) is 4.25. The first-order valence-corrected chi connectivity index (χ1v) is 10.7. The van der Waals surface area contributed by atoms with E-state index in [1.165, 1.54) is 36.3 Å².